The van der Waals surface area contributed by atoms with Crippen LogP contribution in [0.25, 0.3) is 0 Å². The number of ether oxygens (including phenoxy) is 1. The molecule has 0 spiro atoms. The predicted octanol–water partition coefficient (Wildman–Crippen LogP) is 4.00. The molecule has 0 fully saturated rings. The third kappa shape index (κ3) is 3.42. The number of hydrogen-bond donors (Lipinski definition) is 1. The van der Waals surface area contributed by atoms with Gasteiger partial charge in [-0.05, 0) is 19.4 Å². The molecule has 1 aromatic rings. The van der Waals surface area contributed by atoms with Crippen LogP contribution >= 0.6 is 23.2 Å². The van der Waals surface area contributed by atoms with Crippen LogP contribution in [0.15, 0.2) is 6.07 Å². The van der Waals surface area contributed by atoms with Gasteiger partial charge in [0.1, 0.15) is 10.8 Å². The van der Waals surface area contributed by atoms with E-state index in [1.807, 2.05) is 6.92 Å². The fourth-order valence-corrected chi connectivity index (χ4v) is 1.86. The van der Waals surface area contributed by atoms with E-state index in [4.69, 9.17) is 27.9 Å². The minimum Gasteiger partial charge on any atom is -0.474 e. The zero-order chi connectivity index (χ0) is 12.1. The number of halogens is 2. The van der Waals surface area contributed by atoms with E-state index in [2.05, 4.69) is 17.2 Å². The van der Waals surface area contributed by atoms with Crippen LogP contribution < -0.4 is 10.1 Å². The molecular weight excluding hydrogens is 247 g/mol. The van der Waals surface area contributed by atoms with Crippen molar-refractivity contribution in [3.05, 3.63) is 16.1 Å². The second kappa shape index (κ2) is 6.16. The number of anilines is 1. The zero-order valence-corrected chi connectivity index (χ0v) is 11.2. The number of hydrogen-bond acceptors (Lipinski definition) is 3. The van der Waals surface area contributed by atoms with E-state index in [0.29, 0.717) is 21.7 Å². The lowest BCUT2D eigenvalue weighted by molar-refractivity contribution is 0.202. The molecule has 1 aromatic heterocycles. The smallest absolute Gasteiger partial charge is 0.234 e. The van der Waals surface area contributed by atoms with E-state index in [-0.39, 0.29) is 6.10 Å². The van der Waals surface area contributed by atoms with E-state index in [1.165, 1.54) is 0 Å². The summed E-state index contributed by atoms with van der Waals surface area (Å²) in [6.45, 7) is 4.10. The van der Waals surface area contributed by atoms with Gasteiger partial charge in [0.05, 0.1) is 11.1 Å². The number of aromatic nitrogens is 1. The highest BCUT2D eigenvalue weighted by molar-refractivity contribution is 6.36. The van der Waals surface area contributed by atoms with Gasteiger partial charge in [-0.25, -0.2) is 0 Å². The molecule has 16 heavy (non-hydrogen) atoms. The molecule has 0 saturated heterocycles. The molecule has 0 amide bonds. The highest BCUT2D eigenvalue weighted by atomic mass is 35.5. The largest absolute Gasteiger partial charge is 0.474 e. The van der Waals surface area contributed by atoms with Crippen molar-refractivity contribution in [3.63, 3.8) is 0 Å². The summed E-state index contributed by atoms with van der Waals surface area (Å²) in [7, 11) is 1.75. The first-order chi connectivity index (χ1) is 7.58. The van der Waals surface area contributed by atoms with Gasteiger partial charge in [-0.1, -0.05) is 36.5 Å². The van der Waals surface area contributed by atoms with Gasteiger partial charge < -0.3 is 10.1 Å². The van der Waals surface area contributed by atoms with Crippen LogP contribution in [0.5, 0.6) is 5.88 Å². The van der Waals surface area contributed by atoms with E-state index in [9.17, 15) is 0 Å². The molecule has 0 saturated carbocycles. The van der Waals surface area contributed by atoms with Crippen LogP contribution in [0.4, 0.5) is 5.82 Å². The van der Waals surface area contributed by atoms with Gasteiger partial charge in [0.2, 0.25) is 5.88 Å². The van der Waals surface area contributed by atoms with Crippen molar-refractivity contribution in [2.75, 3.05) is 12.4 Å². The third-order valence-corrected chi connectivity index (χ3v) is 2.70. The molecule has 1 rings (SSSR count). The Bertz CT molecular complexity index is 358. The van der Waals surface area contributed by atoms with Crippen molar-refractivity contribution < 1.29 is 4.74 Å². The molecule has 0 aliphatic heterocycles. The molecular formula is C11H16Cl2N2O. The number of rotatable bonds is 5. The molecule has 1 heterocycles. The molecule has 5 heteroatoms. The highest BCUT2D eigenvalue weighted by Crippen LogP contribution is 2.31. The lowest BCUT2D eigenvalue weighted by Crippen LogP contribution is -2.12. The molecule has 0 bridgehead atoms. The monoisotopic (exact) mass is 262 g/mol. The van der Waals surface area contributed by atoms with Crippen LogP contribution in [0.3, 0.4) is 0 Å². The van der Waals surface area contributed by atoms with Gasteiger partial charge in [0, 0.05) is 7.05 Å². The van der Waals surface area contributed by atoms with Crippen LogP contribution in [0, 0.1) is 0 Å². The van der Waals surface area contributed by atoms with Gasteiger partial charge in [0.15, 0.2) is 0 Å². The summed E-state index contributed by atoms with van der Waals surface area (Å²) in [6, 6.07) is 1.63. The van der Waals surface area contributed by atoms with Gasteiger partial charge in [0.25, 0.3) is 0 Å². The molecule has 0 aromatic carbocycles. The minimum atomic E-state index is 0.0980. The Morgan fingerprint density at radius 3 is 2.69 bits per heavy atom. The fraction of sp³-hybridized carbons (Fsp3) is 0.545. The Balaban J connectivity index is 2.87. The zero-order valence-electron chi connectivity index (χ0n) is 9.68. The molecule has 1 unspecified atom stereocenters. The van der Waals surface area contributed by atoms with Crippen LogP contribution in [0.1, 0.15) is 26.7 Å². The highest BCUT2D eigenvalue weighted by Gasteiger charge is 2.12. The standard InChI is InChI=1S/C11H16Cl2N2O/c1-4-5-7(2)16-11-9(13)6-8(12)10(14-3)15-11/h6-7H,4-5H2,1-3H3,(H,14,15). The van der Waals surface area contributed by atoms with Crippen LogP contribution in [-0.2, 0) is 0 Å². The van der Waals surface area contributed by atoms with E-state index < -0.39 is 0 Å². The van der Waals surface area contributed by atoms with Crippen molar-refractivity contribution in [3.8, 4) is 5.88 Å². The Morgan fingerprint density at radius 1 is 1.44 bits per heavy atom. The maximum atomic E-state index is 6.00. The molecule has 3 nitrogen and oxygen atoms in total. The summed E-state index contributed by atoms with van der Waals surface area (Å²) in [5, 5.41) is 3.81. The summed E-state index contributed by atoms with van der Waals surface area (Å²) in [5.41, 5.74) is 0. The minimum absolute atomic E-state index is 0.0980. The summed E-state index contributed by atoms with van der Waals surface area (Å²) in [6.07, 6.45) is 2.13. The van der Waals surface area contributed by atoms with Crippen molar-refractivity contribution in [2.45, 2.75) is 32.8 Å². The second-order valence-electron chi connectivity index (χ2n) is 3.57. The normalized spacial score (nSPS) is 12.3. The van der Waals surface area contributed by atoms with Crippen molar-refractivity contribution in [1.29, 1.82) is 0 Å². The fourth-order valence-electron chi connectivity index (χ4n) is 1.36. The summed E-state index contributed by atoms with van der Waals surface area (Å²) >= 11 is 11.9. The first kappa shape index (κ1) is 13.4. The predicted molar refractivity (Wildman–Crippen MR) is 68.8 cm³/mol. The Labute approximate surface area is 106 Å². The van der Waals surface area contributed by atoms with Gasteiger partial charge >= 0.3 is 0 Å². The lowest BCUT2D eigenvalue weighted by Gasteiger charge is -2.15. The molecule has 0 aliphatic carbocycles. The van der Waals surface area contributed by atoms with Gasteiger partial charge in [-0.15, -0.1) is 0 Å². The van der Waals surface area contributed by atoms with E-state index in [0.717, 1.165) is 12.8 Å². The third-order valence-electron chi connectivity index (χ3n) is 2.14. The van der Waals surface area contributed by atoms with Crippen molar-refractivity contribution in [1.82, 2.24) is 4.98 Å². The maximum Gasteiger partial charge on any atom is 0.234 e. The average Bonchev–Trinajstić information content (AvgIpc) is 2.22. The van der Waals surface area contributed by atoms with Crippen molar-refractivity contribution in [2.24, 2.45) is 0 Å². The molecule has 0 radical (unpaired) electrons. The first-order valence-electron chi connectivity index (χ1n) is 5.29. The van der Waals surface area contributed by atoms with Gasteiger partial charge in [-0.3, -0.25) is 0 Å². The lowest BCUT2D eigenvalue weighted by atomic mass is 10.2. The Hall–Kier alpha value is -0.670. The number of nitrogens with zero attached hydrogens (tertiary/aromatic N) is 1. The number of nitrogens with one attached hydrogen (secondary N) is 1. The molecule has 1 atom stereocenters. The second-order valence-corrected chi connectivity index (χ2v) is 4.39. The van der Waals surface area contributed by atoms with Crippen LogP contribution in [-0.4, -0.2) is 18.1 Å². The Morgan fingerprint density at radius 2 is 2.12 bits per heavy atom. The maximum absolute atomic E-state index is 6.00. The van der Waals surface area contributed by atoms with Gasteiger partial charge in [-0.2, -0.15) is 4.98 Å². The SMILES string of the molecule is CCCC(C)Oc1nc(NC)c(Cl)cc1Cl. The van der Waals surface area contributed by atoms with Crippen molar-refractivity contribution >= 4 is 29.0 Å². The first-order valence-corrected chi connectivity index (χ1v) is 6.04. The summed E-state index contributed by atoms with van der Waals surface area (Å²) in [5.74, 6) is 1.00. The molecule has 1 N–H and O–H groups in total. The molecule has 90 valence electrons. The number of pyridine rings is 1. The van der Waals surface area contributed by atoms with Crippen LogP contribution in [0.2, 0.25) is 10.0 Å². The summed E-state index contributed by atoms with van der Waals surface area (Å²) in [4.78, 5) is 4.22. The quantitative estimate of drug-likeness (QED) is 0.871. The Kier molecular flexibility index (Phi) is 5.16. The average molecular weight is 263 g/mol. The topological polar surface area (TPSA) is 34.1 Å². The summed E-state index contributed by atoms with van der Waals surface area (Å²) < 4.78 is 5.64. The van der Waals surface area contributed by atoms with E-state index >= 15 is 0 Å². The molecule has 0 aliphatic rings. The van der Waals surface area contributed by atoms with E-state index in [1.54, 1.807) is 13.1 Å².